The van der Waals surface area contributed by atoms with E-state index in [-0.39, 0.29) is 5.69 Å². The van der Waals surface area contributed by atoms with Crippen LogP contribution >= 0.6 is 15.9 Å². The molecule has 0 aliphatic carbocycles. The molecule has 1 heterocycles. The first kappa shape index (κ1) is 14.6. The van der Waals surface area contributed by atoms with Gasteiger partial charge in [-0.2, -0.15) is 5.10 Å². The van der Waals surface area contributed by atoms with Gasteiger partial charge >= 0.3 is 5.69 Å². The van der Waals surface area contributed by atoms with Crippen LogP contribution in [0.3, 0.4) is 0 Å². The molecule has 0 unspecified atom stereocenters. The average Bonchev–Trinajstić information content (AvgIpc) is 2.89. The molecule has 112 valence electrons. The highest BCUT2D eigenvalue weighted by atomic mass is 79.9. The van der Waals surface area contributed by atoms with Gasteiger partial charge in [-0.25, -0.2) is 14.0 Å². The molecule has 0 radical (unpaired) electrons. The minimum atomic E-state index is -0.176. The molecule has 0 amide bonds. The zero-order valence-corrected chi connectivity index (χ0v) is 13.5. The fourth-order valence-electron chi connectivity index (χ4n) is 2.17. The molecule has 3 rings (SSSR count). The molecule has 0 saturated carbocycles. The number of nitrogens with zero attached hydrogens (tertiary/aromatic N) is 3. The van der Waals surface area contributed by atoms with Gasteiger partial charge in [-0.3, -0.25) is 0 Å². The summed E-state index contributed by atoms with van der Waals surface area (Å²) < 4.78 is 9.10. The Bertz CT molecular complexity index is 837. The maximum atomic E-state index is 12.4. The van der Waals surface area contributed by atoms with Crippen molar-refractivity contribution in [1.82, 2.24) is 14.3 Å². The van der Waals surface area contributed by atoms with Crippen LogP contribution in [0.4, 0.5) is 0 Å². The standard InChI is InChI=1S/C16H14BrN3O2/c1-22-15-4-2-3-12(9-15)10-20-16(21)19(11-18-20)14-7-5-13(17)6-8-14/h2-9,11H,10H2,1H3. The van der Waals surface area contributed by atoms with Gasteiger partial charge in [-0.15, -0.1) is 0 Å². The predicted octanol–water partition coefficient (Wildman–Crippen LogP) is 2.85. The van der Waals surface area contributed by atoms with Gasteiger partial charge in [0, 0.05) is 4.47 Å². The highest BCUT2D eigenvalue weighted by Gasteiger charge is 2.08. The summed E-state index contributed by atoms with van der Waals surface area (Å²) in [6, 6.07) is 15.1. The molecular weight excluding hydrogens is 346 g/mol. The molecule has 0 bridgehead atoms. The second kappa shape index (κ2) is 6.19. The Morgan fingerprint density at radius 3 is 2.68 bits per heavy atom. The van der Waals surface area contributed by atoms with Crippen molar-refractivity contribution in [3.8, 4) is 11.4 Å². The van der Waals surface area contributed by atoms with Crippen LogP contribution in [0.5, 0.6) is 5.75 Å². The lowest BCUT2D eigenvalue weighted by molar-refractivity contribution is 0.414. The molecule has 0 atom stereocenters. The van der Waals surface area contributed by atoms with Crippen LogP contribution in [-0.4, -0.2) is 21.5 Å². The van der Waals surface area contributed by atoms with Crippen molar-refractivity contribution in [3.63, 3.8) is 0 Å². The fourth-order valence-corrected chi connectivity index (χ4v) is 2.43. The van der Waals surface area contributed by atoms with Gasteiger partial charge in [0.2, 0.25) is 0 Å². The Morgan fingerprint density at radius 2 is 1.95 bits per heavy atom. The van der Waals surface area contributed by atoms with Crippen LogP contribution in [0.2, 0.25) is 0 Å². The molecule has 22 heavy (non-hydrogen) atoms. The van der Waals surface area contributed by atoms with Crippen LogP contribution in [-0.2, 0) is 6.54 Å². The highest BCUT2D eigenvalue weighted by Crippen LogP contribution is 2.14. The maximum Gasteiger partial charge on any atom is 0.350 e. The van der Waals surface area contributed by atoms with Crippen molar-refractivity contribution >= 4 is 15.9 Å². The van der Waals surface area contributed by atoms with Crippen LogP contribution in [0.25, 0.3) is 5.69 Å². The number of ether oxygens (including phenoxy) is 1. The highest BCUT2D eigenvalue weighted by molar-refractivity contribution is 9.10. The molecular formula is C16H14BrN3O2. The van der Waals surface area contributed by atoms with E-state index in [4.69, 9.17) is 4.74 Å². The third-order valence-electron chi connectivity index (χ3n) is 3.30. The average molecular weight is 360 g/mol. The van der Waals surface area contributed by atoms with Gasteiger partial charge in [0.15, 0.2) is 0 Å². The van der Waals surface area contributed by atoms with Crippen LogP contribution in [0.15, 0.2) is 64.1 Å². The third kappa shape index (κ3) is 2.96. The maximum absolute atomic E-state index is 12.4. The van der Waals surface area contributed by atoms with Crippen molar-refractivity contribution in [2.75, 3.05) is 7.11 Å². The smallest absolute Gasteiger partial charge is 0.350 e. The van der Waals surface area contributed by atoms with E-state index in [1.165, 1.54) is 15.6 Å². The normalized spacial score (nSPS) is 10.6. The Kier molecular flexibility index (Phi) is 4.11. The molecule has 0 aliphatic heterocycles. The first-order valence-corrected chi connectivity index (χ1v) is 7.50. The van der Waals surface area contributed by atoms with Gasteiger partial charge in [0.1, 0.15) is 12.1 Å². The van der Waals surface area contributed by atoms with Crippen molar-refractivity contribution < 1.29 is 4.74 Å². The SMILES string of the molecule is COc1cccc(Cn2ncn(-c3ccc(Br)cc3)c2=O)c1. The quantitative estimate of drug-likeness (QED) is 0.719. The lowest BCUT2D eigenvalue weighted by Gasteiger charge is -2.04. The number of halogens is 1. The van der Waals surface area contributed by atoms with E-state index in [1.807, 2.05) is 48.5 Å². The number of rotatable bonds is 4. The topological polar surface area (TPSA) is 49.0 Å². The molecule has 0 fully saturated rings. The second-order valence-corrected chi connectivity index (χ2v) is 5.68. The molecule has 0 saturated heterocycles. The summed E-state index contributed by atoms with van der Waals surface area (Å²) in [5, 5.41) is 4.18. The van der Waals surface area contributed by atoms with E-state index in [2.05, 4.69) is 21.0 Å². The number of hydrogen-bond donors (Lipinski definition) is 0. The number of hydrogen-bond acceptors (Lipinski definition) is 3. The summed E-state index contributed by atoms with van der Waals surface area (Å²) in [6.07, 6.45) is 1.53. The third-order valence-corrected chi connectivity index (χ3v) is 3.83. The van der Waals surface area contributed by atoms with Gasteiger partial charge in [0.05, 0.1) is 19.3 Å². The lowest BCUT2D eigenvalue weighted by atomic mass is 10.2. The second-order valence-electron chi connectivity index (χ2n) is 4.77. The van der Waals surface area contributed by atoms with Crippen LogP contribution in [0.1, 0.15) is 5.56 Å². The van der Waals surface area contributed by atoms with Crippen molar-refractivity contribution in [2.24, 2.45) is 0 Å². The van der Waals surface area contributed by atoms with Crippen molar-refractivity contribution in [1.29, 1.82) is 0 Å². The van der Waals surface area contributed by atoms with E-state index in [1.54, 1.807) is 7.11 Å². The monoisotopic (exact) mass is 359 g/mol. The molecule has 1 aromatic heterocycles. The van der Waals surface area contributed by atoms with Crippen molar-refractivity contribution in [3.05, 3.63) is 75.4 Å². The van der Waals surface area contributed by atoms with Gasteiger partial charge in [-0.05, 0) is 42.0 Å². The summed E-state index contributed by atoms with van der Waals surface area (Å²) in [7, 11) is 1.62. The summed E-state index contributed by atoms with van der Waals surface area (Å²) in [6.45, 7) is 0.402. The lowest BCUT2D eigenvalue weighted by Crippen LogP contribution is -2.24. The van der Waals surface area contributed by atoms with Crippen LogP contribution < -0.4 is 10.4 Å². The fraction of sp³-hybridized carbons (Fsp3) is 0.125. The Balaban J connectivity index is 1.90. The van der Waals surface area contributed by atoms with Crippen LogP contribution in [0, 0.1) is 0 Å². The van der Waals surface area contributed by atoms with Gasteiger partial charge in [0.25, 0.3) is 0 Å². The molecule has 3 aromatic rings. The summed E-state index contributed by atoms with van der Waals surface area (Å²) in [4.78, 5) is 12.4. The number of aromatic nitrogens is 3. The zero-order valence-electron chi connectivity index (χ0n) is 11.9. The van der Waals surface area contributed by atoms with Gasteiger partial charge < -0.3 is 4.74 Å². The largest absolute Gasteiger partial charge is 0.497 e. The van der Waals surface area contributed by atoms with E-state index < -0.39 is 0 Å². The first-order chi connectivity index (χ1) is 10.7. The Hall–Kier alpha value is -2.34. The molecule has 0 spiro atoms. The Labute approximate surface area is 135 Å². The zero-order chi connectivity index (χ0) is 15.5. The number of benzene rings is 2. The van der Waals surface area contributed by atoms with E-state index in [0.29, 0.717) is 6.54 Å². The van der Waals surface area contributed by atoms with Gasteiger partial charge in [-0.1, -0.05) is 28.1 Å². The van der Waals surface area contributed by atoms with E-state index in [0.717, 1.165) is 21.5 Å². The summed E-state index contributed by atoms with van der Waals surface area (Å²) in [5.41, 5.74) is 1.57. The number of methoxy groups -OCH3 is 1. The molecule has 0 aliphatic rings. The van der Waals surface area contributed by atoms with E-state index >= 15 is 0 Å². The molecule has 6 heteroatoms. The minimum Gasteiger partial charge on any atom is -0.497 e. The Morgan fingerprint density at radius 1 is 1.18 bits per heavy atom. The minimum absolute atomic E-state index is 0.176. The van der Waals surface area contributed by atoms with E-state index in [9.17, 15) is 4.79 Å². The summed E-state index contributed by atoms with van der Waals surface area (Å²) >= 11 is 3.38. The first-order valence-electron chi connectivity index (χ1n) is 6.71. The molecule has 0 N–H and O–H groups in total. The molecule has 5 nitrogen and oxygen atoms in total. The van der Waals surface area contributed by atoms with Crippen molar-refractivity contribution in [2.45, 2.75) is 6.54 Å². The summed E-state index contributed by atoms with van der Waals surface area (Å²) in [5.74, 6) is 0.762. The predicted molar refractivity (Wildman–Crippen MR) is 87.6 cm³/mol. The molecule has 2 aromatic carbocycles.